The van der Waals surface area contributed by atoms with E-state index in [0.717, 1.165) is 30.5 Å². The number of fused-ring (bicyclic) bond motifs is 1. The van der Waals surface area contributed by atoms with Crippen LogP contribution in [-0.2, 0) is 21.2 Å². The molecule has 154 valence electrons. The van der Waals surface area contributed by atoms with Crippen molar-refractivity contribution in [2.75, 3.05) is 42.8 Å². The van der Waals surface area contributed by atoms with Crippen molar-refractivity contribution in [3.63, 3.8) is 0 Å². The molecule has 0 bridgehead atoms. The van der Waals surface area contributed by atoms with E-state index in [2.05, 4.69) is 20.9 Å². The Hall–Kier alpha value is -2.29. The van der Waals surface area contributed by atoms with Gasteiger partial charge in [0.15, 0.2) is 5.96 Å². The van der Waals surface area contributed by atoms with Crippen LogP contribution in [0.1, 0.15) is 25.3 Å². The Morgan fingerprint density at radius 1 is 1.18 bits per heavy atom. The summed E-state index contributed by atoms with van der Waals surface area (Å²) in [5.41, 5.74) is 1.85. The highest BCUT2D eigenvalue weighted by molar-refractivity contribution is 7.92. The van der Waals surface area contributed by atoms with Gasteiger partial charge in [-0.25, -0.2) is 8.42 Å². The summed E-state index contributed by atoms with van der Waals surface area (Å²) in [5, 5.41) is 9.10. The SMILES string of the molecule is CCNC(=NCCS(=O)(=O)N1CCc2ccccc21)NCCNC(=O)C1CC1. The summed E-state index contributed by atoms with van der Waals surface area (Å²) >= 11 is 0. The number of guanidine groups is 1. The Morgan fingerprint density at radius 3 is 2.68 bits per heavy atom. The van der Waals surface area contributed by atoms with Crippen LogP contribution in [0.25, 0.3) is 0 Å². The van der Waals surface area contributed by atoms with E-state index in [4.69, 9.17) is 0 Å². The molecule has 0 saturated heterocycles. The fraction of sp³-hybridized carbons (Fsp3) is 0.579. The van der Waals surface area contributed by atoms with Crippen LogP contribution in [0, 0.1) is 5.92 Å². The molecule has 28 heavy (non-hydrogen) atoms. The Morgan fingerprint density at radius 2 is 1.93 bits per heavy atom. The first-order valence-corrected chi connectivity index (χ1v) is 11.5. The van der Waals surface area contributed by atoms with Gasteiger partial charge in [-0.2, -0.15) is 0 Å². The number of rotatable bonds is 9. The lowest BCUT2D eigenvalue weighted by Gasteiger charge is -2.19. The van der Waals surface area contributed by atoms with Crippen LogP contribution in [0.3, 0.4) is 0 Å². The molecule has 1 aromatic rings. The number of para-hydroxylation sites is 1. The van der Waals surface area contributed by atoms with Crippen LogP contribution < -0.4 is 20.3 Å². The van der Waals surface area contributed by atoms with Crippen LogP contribution in [-0.4, -0.2) is 58.8 Å². The fourth-order valence-electron chi connectivity index (χ4n) is 3.18. The average molecular weight is 408 g/mol. The summed E-state index contributed by atoms with van der Waals surface area (Å²) in [5.74, 6) is 0.819. The van der Waals surface area contributed by atoms with Crippen LogP contribution in [0.15, 0.2) is 29.3 Å². The van der Waals surface area contributed by atoms with Gasteiger partial charge in [-0.3, -0.25) is 14.1 Å². The lowest BCUT2D eigenvalue weighted by atomic mass is 10.2. The molecule has 2 aliphatic rings. The minimum atomic E-state index is -3.41. The highest BCUT2D eigenvalue weighted by atomic mass is 32.2. The molecular weight excluding hydrogens is 378 g/mol. The Bertz CT molecular complexity index is 821. The molecule has 8 nitrogen and oxygen atoms in total. The predicted octanol–water partition coefficient (Wildman–Crippen LogP) is 0.460. The molecule has 3 rings (SSSR count). The van der Waals surface area contributed by atoms with Crippen LogP contribution >= 0.6 is 0 Å². The Balaban J connectivity index is 1.48. The monoisotopic (exact) mass is 407 g/mol. The number of sulfonamides is 1. The van der Waals surface area contributed by atoms with Gasteiger partial charge >= 0.3 is 0 Å². The number of nitrogens with one attached hydrogen (secondary N) is 3. The van der Waals surface area contributed by atoms with Crippen molar-refractivity contribution in [1.29, 1.82) is 0 Å². The van der Waals surface area contributed by atoms with Crippen molar-refractivity contribution in [2.24, 2.45) is 10.9 Å². The van der Waals surface area contributed by atoms with Crippen molar-refractivity contribution < 1.29 is 13.2 Å². The van der Waals surface area contributed by atoms with E-state index in [0.29, 0.717) is 32.1 Å². The molecule has 1 fully saturated rings. The molecule has 1 aliphatic carbocycles. The second-order valence-corrected chi connectivity index (χ2v) is 9.03. The first-order chi connectivity index (χ1) is 13.5. The van der Waals surface area contributed by atoms with Gasteiger partial charge in [0, 0.05) is 32.1 Å². The van der Waals surface area contributed by atoms with Gasteiger partial charge in [0.05, 0.1) is 18.0 Å². The zero-order valence-corrected chi connectivity index (χ0v) is 17.1. The van der Waals surface area contributed by atoms with Gasteiger partial charge in [-0.1, -0.05) is 18.2 Å². The van der Waals surface area contributed by atoms with E-state index in [1.165, 1.54) is 4.31 Å². The van der Waals surface area contributed by atoms with Gasteiger partial charge in [-0.05, 0) is 37.8 Å². The van der Waals surface area contributed by atoms with E-state index < -0.39 is 10.0 Å². The summed E-state index contributed by atoms with van der Waals surface area (Å²) < 4.78 is 26.9. The molecule has 9 heteroatoms. The second-order valence-electron chi connectivity index (χ2n) is 7.02. The van der Waals surface area contributed by atoms with Crippen LogP contribution in [0.4, 0.5) is 5.69 Å². The summed E-state index contributed by atoms with van der Waals surface area (Å²) in [7, 11) is -3.41. The number of anilines is 1. The third-order valence-electron chi connectivity index (χ3n) is 4.81. The highest BCUT2D eigenvalue weighted by Gasteiger charge is 2.29. The first-order valence-electron chi connectivity index (χ1n) is 9.89. The number of aliphatic imine (C=N–C) groups is 1. The van der Waals surface area contributed by atoms with Crippen molar-refractivity contribution in [3.05, 3.63) is 29.8 Å². The standard InChI is InChI=1S/C19H29N5O3S/c1-2-20-19(22-11-10-21-18(25)16-7-8-16)23-12-14-28(26,27)24-13-9-15-5-3-4-6-17(15)24/h3-6,16H,2,7-14H2,1H3,(H,21,25)(H2,20,22,23). The molecule has 1 heterocycles. The summed E-state index contributed by atoms with van der Waals surface area (Å²) in [6, 6.07) is 7.61. The van der Waals surface area contributed by atoms with E-state index in [9.17, 15) is 13.2 Å². The topological polar surface area (TPSA) is 103 Å². The van der Waals surface area contributed by atoms with Gasteiger partial charge in [0.25, 0.3) is 0 Å². The van der Waals surface area contributed by atoms with E-state index in [1.54, 1.807) is 0 Å². The first kappa shape index (κ1) is 20.4. The number of benzene rings is 1. The number of hydrogen-bond acceptors (Lipinski definition) is 4. The quantitative estimate of drug-likeness (QED) is 0.314. The lowest BCUT2D eigenvalue weighted by molar-refractivity contribution is -0.122. The van der Waals surface area contributed by atoms with Crippen LogP contribution in [0.5, 0.6) is 0 Å². The number of carbonyl (C=O) groups excluding carboxylic acids is 1. The molecule has 0 radical (unpaired) electrons. The predicted molar refractivity (Wildman–Crippen MR) is 111 cm³/mol. The maximum Gasteiger partial charge on any atom is 0.237 e. The zero-order chi connectivity index (χ0) is 20.0. The molecule has 0 unspecified atom stereocenters. The van der Waals surface area contributed by atoms with Crippen molar-refractivity contribution in [1.82, 2.24) is 16.0 Å². The minimum Gasteiger partial charge on any atom is -0.357 e. The molecule has 1 aliphatic heterocycles. The summed E-state index contributed by atoms with van der Waals surface area (Å²) in [6.45, 7) is 4.34. The number of amides is 1. The van der Waals surface area contributed by atoms with Crippen LogP contribution in [0.2, 0.25) is 0 Å². The lowest BCUT2D eigenvalue weighted by Crippen LogP contribution is -2.42. The zero-order valence-electron chi connectivity index (χ0n) is 16.3. The second kappa shape index (κ2) is 9.27. The number of nitrogens with zero attached hydrogens (tertiary/aromatic N) is 2. The van der Waals surface area contributed by atoms with E-state index in [-0.39, 0.29) is 24.1 Å². The highest BCUT2D eigenvalue weighted by Crippen LogP contribution is 2.30. The molecule has 3 N–H and O–H groups in total. The van der Waals surface area contributed by atoms with E-state index >= 15 is 0 Å². The maximum absolute atomic E-state index is 12.7. The largest absolute Gasteiger partial charge is 0.357 e. The summed E-state index contributed by atoms with van der Waals surface area (Å²) in [6.07, 6.45) is 2.72. The third-order valence-corrected chi connectivity index (χ3v) is 6.56. The molecule has 1 aromatic carbocycles. The molecular formula is C19H29N5O3S. The third kappa shape index (κ3) is 5.37. The Kier molecular flexibility index (Phi) is 6.77. The van der Waals surface area contributed by atoms with Crippen molar-refractivity contribution in [3.8, 4) is 0 Å². The normalized spacial score (nSPS) is 16.6. The average Bonchev–Trinajstić information content (AvgIpc) is 3.43. The fourth-order valence-corrected chi connectivity index (χ4v) is 4.57. The molecule has 0 spiro atoms. The van der Waals surface area contributed by atoms with E-state index in [1.807, 2.05) is 31.2 Å². The van der Waals surface area contributed by atoms with Gasteiger partial charge in [0.1, 0.15) is 0 Å². The summed E-state index contributed by atoms with van der Waals surface area (Å²) in [4.78, 5) is 16.0. The number of carbonyl (C=O) groups is 1. The molecule has 0 aromatic heterocycles. The van der Waals surface area contributed by atoms with Crippen molar-refractivity contribution in [2.45, 2.75) is 26.2 Å². The Labute approximate surface area is 166 Å². The maximum atomic E-state index is 12.7. The molecule has 1 amide bonds. The minimum absolute atomic E-state index is 0.0453. The van der Waals surface area contributed by atoms with Gasteiger partial charge in [0.2, 0.25) is 15.9 Å². The molecule has 0 atom stereocenters. The molecule has 1 saturated carbocycles. The van der Waals surface area contributed by atoms with Crippen molar-refractivity contribution >= 4 is 27.6 Å². The number of hydrogen-bond donors (Lipinski definition) is 3. The van der Waals surface area contributed by atoms with Gasteiger partial charge < -0.3 is 16.0 Å². The van der Waals surface area contributed by atoms with Gasteiger partial charge in [-0.15, -0.1) is 0 Å². The smallest absolute Gasteiger partial charge is 0.237 e.